The highest BCUT2D eigenvalue weighted by atomic mass is 16.7. The highest BCUT2D eigenvalue weighted by Gasteiger charge is 2.50. The third-order valence-electron chi connectivity index (χ3n) is 5.31. The van der Waals surface area contributed by atoms with Crippen LogP contribution in [-0.4, -0.2) is 61.9 Å². The lowest BCUT2D eigenvalue weighted by molar-refractivity contribution is -0.141. The molecule has 1 aromatic carbocycles. The SMILES string of the molecule is CCNC(=O)n1cc2c(n1)C(CC(=N)NC(=O)O)N1CC2N(OCc2ccccc2)C1=O. The Balaban J connectivity index is 1.64. The first-order valence-corrected chi connectivity index (χ1v) is 10.1. The molecule has 32 heavy (non-hydrogen) atoms. The average molecular weight is 441 g/mol. The molecule has 2 atom stereocenters. The molecule has 168 valence electrons. The van der Waals surface area contributed by atoms with Crippen LogP contribution in [-0.2, 0) is 11.4 Å². The van der Waals surface area contributed by atoms with Crippen molar-refractivity contribution >= 4 is 24.0 Å². The minimum Gasteiger partial charge on any atom is -0.465 e. The van der Waals surface area contributed by atoms with E-state index < -0.39 is 30.2 Å². The molecule has 1 fully saturated rings. The van der Waals surface area contributed by atoms with Gasteiger partial charge in [0, 0.05) is 24.7 Å². The molecule has 0 aliphatic carbocycles. The summed E-state index contributed by atoms with van der Waals surface area (Å²) in [6, 6.07) is 7.37. The predicted octanol–water partition coefficient (Wildman–Crippen LogP) is 2.06. The Labute approximate surface area is 183 Å². The van der Waals surface area contributed by atoms with Gasteiger partial charge in [0.05, 0.1) is 18.3 Å². The summed E-state index contributed by atoms with van der Waals surface area (Å²) in [6.07, 6.45) is 0.0925. The molecule has 2 bridgehead atoms. The molecule has 2 unspecified atom stereocenters. The molecule has 4 amide bonds. The molecule has 3 heterocycles. The van der Waals surface area contributed by atoms with E-state index in [4.69, 9.17) is 15.4 Å². The zero-order valence-electron chi connectivity index (χ0n) is 17.3. The van der Waals surface area contributed by atoms with Gasteiger partial charge in [-0.15, -0.1) is 0 Å². The van der Waals surface area contributed by atoms with Crippen molar-refractivity contribution in [2.24, 2.45) is 0 Å². The number of carbonyl (C=O) groups is 3. The number of nitrogens with one attached hydrogen (secondary N) is 3. The predicted molar refractivity (Wildman–Crippen MR) is 111 cm³/mol. The van der Waals surface area contributed by atoms with Gasteiger partial charge in [0.25, 0.3) is 0 Å². The van der Waals surface area contributed by atoms with Crippen molar-refractivity contribution in [1.82, 2.24) is 30.4 Å². The van der Waals surface area contributed by atoms with Crippen LogP contribution in [0.25, 0.3) is 0 Å². The van der Waals surface area contributed by atoms with Crippen molar-refractivity contribution in [2.45, 2.75) is 32.0 Å². The van der Waals surface area contributed by atoms with Crippen molar-refractivity contribution in [3.63, 3.8) is 0 Å². The quantitative estimate of drug-likeness (QED) is 0.398. The van der Waals surface area contributed by atoms with E-state index in [1.54, 1.807) is 13.1 Å². The van der Waals surface area contributed by atoms with E-state index in [1.165, 1.54) is 9.96 Å². The van der Waals surface area contributed by atoms with Crippen LogP contribution >= 0.6 is 0 Å². The van der Waals surface area contributed by atoms with Crippen molar-refractivity contribution in [1.29, 1.82) is 5.41 Å². The van der Waals surface area contributed by atoms with Crippen molar-refractivity contribution in [3.8, 4) is 0 Å². The summed E-state index contributed by atoms with van der Waals surface area (Å²) >= 11 is 0. The first-order chi connectivity index (χ1) is 15.4. The van der Waals surface area contributed by atoms with Gasteiger partial charge in [0.15, 0.2) is 0 Å². The lowest BCUT2D eigenvalue weighted by atomic mass is 9.96. The van der Waals surface area contributed by atoms with Crippen molar-refractivity contribution < 1.29 is 24.3 Å². The Morgan fingerprint density at radius 3 is 2.75 bits per heavy atom. The van der Waals surface area contributed by atoms with E-state index in [0.717, 1.165) is 10.2 Å². The van der Waals surface area contributed by atoms with Gasteiger partial charge in [-0.05, 0) is 12.5 Å². The molecule has 4 rings (SSSR count). The third kappa shape index (κ3) is 3.99. The molecule has 0 spiro atoms. The Morgan fingerprint density at radius 1 is 1.31 bits per heavy atom. The first kappa shape index (κ1) is 21.3. The van der Waals surface area contributed by atoms with E-state index in [-0.39, 0.29) is 25.4 Å². The van der Waals surface area contributed by atoms with Crippen LogP contribution in [0.15, 0.2) is 36.5 Å². The number of urea groups is 1. The van der Waals surface area contributed by atoms with E-state index in [2.05, 4.69) is 10.4 Å². The second kappa shape index (κ2) is 8.67. The van der Waals surface area contributed by atoms with Crippen molar-refractivity contribution in [3.05, 3.63) is 53.3 Å². The maximum Gasteiger partial charge on any atom is 0.410 e. The van der Waals surface area contributed by atoms with Crippen LogP contribution in [0.5, 0.6) is 0 Å². The molecule has 2 aromatic rings. The lowest BCUT2D eigenvalue weighted by Gasteiger charge is -2.29. The zero-order chi connectivity index (χ0) is 22.8. The molecular formula is C20H23N7O5. The number of fused-ring (bicyclic) bond motifs is 4. The second-order valence-corrected chi connectivity index (χ2v) is 7.41. The average Bonchev–Trinajstić information content (AvgIpc) is 3.32. The third-order valence-corrected chi connectivity index (χ3v) is 5.31. The molecule has 12 nitrogen and oxygen atoms in total. The number of hydrogen-bond acceptors (Lipinski definition) is 6. The number of hydroxylamine groups is 2. The van der Waals surface area contributed by atoms with Crippen LogP contribution in [0, 0.1) is 5.41 Å². The number of amides is 4. The summed E-state index contributed by atoms with van der Waals surface area (Å²) in [5, 5.41) is 27.2. The van der Waals surface area contributed by atoms with Crippen LogP contribution in [0.3, 0.4) is 0 Å². The zero-order valence-corrected chi connectivity index (χ0v) is 17.3. The number of nitrogens with zero attached hydrogens (tertiary/aromatic N) is 4. The number of aromatic nitrogens is 2. The summed E-state index contributed by atoms with van der Waals surface area (Å²) in [6.45, 7) is 2.65. The number of amidine groups is 1. The first-order valence-electron chi connectivity index (χ1n) is 10.1. The van der Waals surface area contributed by atoms with E-state index in [1.807, 2.05) is 35.6 Å². The van der Waals surface area contributed by atoms with Gasteiger partial charge in [-0.25, -0.2) is 14.4 Å². The van der Waals surface area contributed by atoms with Gasteiger partial charge < -0.3 is 15.3 Å². The van der Waals surface area contributed by atoms with Gasteiger partial charge >= 0.3 is 18.2 Å². The summed E-state index contributed by atoms with van der Waals surface area (Å²) in [7, 11) is 0. The fourth-order valence-corrected chi connectivity index (χ4v) is 3.93. The minimum atomic E-state index is -1.36. The van der Waals surface area contributed by atoms with Crippen LogP contribution < -0.4 is 10.6 Å². The fourth-order valence-electron chi connectivity index (χ4n) is 3.93. The molecule has 2 aliphatic rings. The number of carboxylic acid groups (broad SMARTS) is 1. The Hall–Kier alpha value is -3.93. The van der Waals surface area contributed by atoms with Gasteiger partial charge in [-0.1, -0.05) is 30.3 Å². The van der Waals surface area contributed by atoms with Gasteiger partial charge in [0.1, 0.15) is 18.5 Å². The standard InChI is InChI=1S/C20H23N7O5/c1-2-22-18(28)26-9-13-15-10-25(14(17(13)24-26)8-16(21)23-19(29)30)20(31)27(15)32-11-12-6-4-3-5-7-12/h3-7,9,14-15H,2,8,10-11H2,1H3,(H2,21,23)(H,22,28)(H,29,30). The maximum atomic E-state index is 13.1. The minimum absolute atomic E-state index is 0.101. The smallest absolute Gasteiger partial charge is 0.410 e. The molecule has 4 N–H and O–H groups in total. The Morgan fingerprint density at radius 2 is 2.06 bits per heavy atom. The van der Waals surface area contributed by atoms with Gasteiger partial charge in [0.2, 0.25) is 0 Å². The van der Waals surface area contributed by atoms with E-state index in [0.29, 0.717) is 17.8 Å². The number of benzene rings is 1. The number of rotatable bonds is 6. The molecular weight excluding hydrogens is 418 g/mol. The molecule has 0 saturated carbocycles. The summed E-state index contributed by atoms with van der Waals surface area (Å²) < 4.78 is 1.16. The molecule has 2 aliphatic heterocycles. The number of carbonyl (C=O) groups excluding carboxylic acids is 2. The monoisotopic (exact) mass is 441 g/mol. The Kier molecular flexibility index (Phi) is 5.77. The largest absolute Gasteiger partial charge is 0.465 e. The summed E-state index contributed by atoms with van der Waals surface area (Å²) in [5.74, 6) is -0.282. The molecule has 0 radical (unpaired) electrons. The van der Waals surface area contributed by atoms with Crippen LogP contribution in [0.4, 0.5) is 14.4 Å². The van der Waals surface area contributed by atoms with Crippen LogP contribution in [0.2, 0.25) is 0 Å². The topological polar surface area (TPSA) is 153 Å². The number of hydrogen-bond donors (Lipinski definition) is 4. The normalized spacial score (nSPS) is 19.0. The van der Waals surface area contributed by atoms with Crippen LogP contribution in [0.1, 0.15) is 42.2 Å². The lowest BCUT2D eigenvalue weighted by Crippen LogP contribution is -2.38. The van der Waals surface area contributed by atoms with E-state index in [9.17, 15) is 14.4 Å². The molecule has 1 saturated heterocycles. The van der Waals surface area contributed by atoms with Crippen molar-refractivity contribution in [2.75, 3.05) is 13.1 Å². The highest BCUT2D eigenvalue weighted by molar-refractivity contribution is 5.93. The van der Waals surface area contributed by atoms with E-state index >= 15 is 0 Å². The Bertz CT molecular complexity index is 1050. The maximum absolute atomic E-state index is 13.1. The van der Waals surface area contributed by atoms with Gasteiger partial charge in [-0.2, -0.15) is 14.8 Å². The van der Waals surface area contributed by atoms with Gasteiger partial charge in [-0.3, -0.25) is 15.6 Å². The highest BCUT2D eigenvalue weighted by Crippen LogP contribution is 2.44. The molecule has 12 heteroatoms. The second-order valence-electron chi connectivity index (χ2n) is 7.41. The summed E-state index contributed by atoms with van der Waals surface area (Å²) in [4.78, 5) is 43.7. The molecule has 1 aromatic heterocycles. The summed E-state index contributed by atoms with van der Waals surface area (Å²) in [5.41, 5.74) is 1.95. The fraction of sp³-hybridized carbons (Fsp3) is 0.350.